The van der Waals surface area contributed by atoms with Gasteiger partial charge in [-0.3, -0.25) is 0 Å². The molecule has 0 bridgehead atoms. The Hall–Kier alpha value is 0.506. The van der Waals surface area contributed by atoms with Crippen LogP contribution in [0, 0.1) is 0 Å². The molecule has 0 N–H and O–H groups in total. The summed E-state index contributed by atoms with van der Waals surface area (Å²) in [6.45, 7) is 3.62. The zero-order chi connectivity index (χ0) is 4.83. The molecule has 1 heteroatoms. The zero-order valence-corrected chi connectivity index (χ0v) is 5.82. The van der Waals surface area contributed by atoms with E-state index in [1.807, 2.05) is 6.08 Å². The number of rotatable bonds is 3. The van der Waals surface area contributed by atoms with Gasteiger partial charge in [-0.05, 0) is 0 Å². The first kappa shape index (κ1) is 6.51. The lowest BCUT2D eigenvalue weighted by Crippen LogP contribution is -1.74. The van der Waals surface area contributed by atoms with E-state index in [9.17, 15) is 0 Å². The number of hydrogen-bond donors (Lipinski definition) is 0. The van der Waals surface area contributed by atoms with Crippen LogP contribution in [0.3, 0.4) is 0 Å². The van der Waals surface area contributed by atoms with Crippen molar-refractivity contribution in [2.24, 2.45) is 0 Å². The number of allylic oxidation sites excluding steroid dienone is 1. The van der Waals surface area contributed by atoms with Gasteiger partial charge in [0.2, 0.25) is 0 Å². The van der Waals surface area contributed by atoms with E-state index in [4.69, 9.17) is 0 Å². The van der Waals surface area contributed by atoms with Crippen LogP contribution < -0.4 is 0 Å². The van der Waals surface area contributed by atoms with Crippen LogP contribution in [0.15, 0.2) is 12.7 Å². The number of hydrogen-bond acceptors (Lipinski definition) is 0. The lowest BCUT2D eigenvalue weighted by atomic mass is 10.5. The third kappa shape index (κ3) is 4.51. The second kappa shape index (κ2) is 5.51. The molecule has 0 aromatic rings. The van der Waals surface area contributed by atoms with E-state index >= 15 is 0 Å². The van der Waals surface area contributed by atoms with Gasteiger partial charge in [-0.2, -0.15) is 5.05 Å². The van der Waals surface area contributed by atoms with Gasteiger partial charge in [-0.15, -0.1) is 11.1 Å². The zero-order valence-electron chi connectivity index (χ0n) is 4.41. The predicted octanol–water partition coefficient (Wildman–Crippen LogP) is 1.73. The largest absolute Gasteiger partial charge is 0.360 e. The standard InChI is InChI=1S/C4H7.CH3.Mg/c1-3-4-2;;/h3H,1-2,4H2;1H3;. The van der Waals surface area contributed by atoms with E-state index in [0.29, 0.717) is 20.4 Å². The van der Waals surface area contributed by atoms with E-state index in [1.165, 1.54) is 11.0 Å². The summed E-state index contributed by atoms with van der Waals surface area (Å²) in [5.74, 6) is 0. The summed E-state index contributed by atoms with van der Waals surface area (Å²) in [5.41, 5.74) is 0. The molecule has 0 saturated heterocycles. The van der Waals surface area contributed by atoms with E-state index < -0.39 is 0 Å². The van der Waals surface area contributed by atoms with Gasteiger partial charge in [0.15, 0.2) is 0 Å². The fraction of sp³-hybridized carbons (Fsp3) is 0.600. The van der Waals surface area contributed by atoms with Crippen LogP contribution in [-0.4, -0.2) is 20.4 Å². The Morgan fingerprint density at radius 2 is 2.50 bits per heavy atom. The Bertz CT molecular complexity index is 32.9. The maximum Gasteiger partial charge on any atom is 0.360 e. The normalized spacial score (nSPS) is 6.83. The van der Waals surface area contributed by atoms with Gasteiger partial charge in [0.1, 0.15) is 0 Å². The Balaban J connectivity index is 2.49. The maximum absolute atomic E-state index is 3.62. The third-order valence-corrected chi connectivity index (χ3v) is 1.88. The van der Waals surface area contributed by atoms with Crippen molar-refractivity contribution in [1.82, 2.24) is 0 Å². The van der Waals surface area contributed by atoms with E-state index in [-0.39, 0.29) is 0 Å². The third-order valence-electron chi connectivity index (χ3n) is 0.762. The first-order valence-electron chi connectivity index (χ1n) is 2.52. The van der Waals surface area contributed by atoms with Crippen LogP contribution in [0.4, 0.5) is 0 Å². The molecule has 0 amide bonds. The average molecular weight is 94.4 g/mol. The molecular formula is C5H10Mg. The van der Waals surface area contributed by atoms with Crippen LogP contribution in [0.2, 0.25) is 9.60 Å². The molecule has 0 heterocycles. The molecule has 0 aliphatic rings. The minimum atomic E-state index is 0.332. The second-order valence-corrected chi connectivity index (χ2v) is 3.14. The molecule has 32 valence electrons. The monoisotopic (exact) mass is 94.1 g/mol. The lowest BCUT2D eigenvalue weighted by molar-refractivity contribution is 1.21. The molecule has 0 aliphatic heterocycles. The Labute approximate surface area is 49.4 Å². The van der Waals surface area contributed by atoms with Gasteiger partial charge in [0.25, 0.3) is 0 Å². The Kier molecular flexibility index (Phi) is 5.97. The summed E-state index contributed by atoms with van der Waals surface area (Å²) in [4.78, 5) is 0. The molecule has 0 rings (SSSR count). The first-order valence-corrected chi connectivity index (χ1v) is 4.94. The van der Waals surface area contributed by atoms with Gasteiger partial charge in [0.05, 0.1) is 0 Å². The van der Waals surface area contributed by atoms with Crippen LogP contribution >= 0.6 is 0 Å². The predicted molar refractivity (Wildman–Crippen MR) is 31.2 cm³/mol. The van der Waals surface area contributed by atoms with Gasteiger partial charge in [-0.1, -0.05) is 12.5 Å². The molecule has 0 nitrogen and oxygen atoms in total. The quantitative estimate of drug-likeness (QED) is 0.284. The molecular weight excluding hydrogens is 84.4 g/mol. The average Bonchev–Trinajstić information content (AvgIpc) is 1.61. The molecule has 0 atom stereocenters. The second-order valence-electron chi connectivity index (χ2n) is 1.43. The van der Waals surface area contributed by atoms with Gasteiger partial charge in [-0.25, -0.2) is 0 Å². The van der Waals surface area contributed by atoms with Crippen molar-refractivity contribution in [3.05, 3.63) is 12.7 Å². The molecule has 0 fully saturated rings. The molecule has 0 spiro atoms. The highest BCUT2D eigenvalue weighted by molar-refractivity contribution is 6.33. The molecule has 0 saturated carbocycles. The smallest absolute Gasteiger partial charge is 0.157 e. The van der Waals surface area contributed by atoms with Crippen LogP contribution in [-0.2, 0) is 0 Å². The topological polar surface area (TPSA) is 0 Å². The summed E-state index contributed by atoms with van der Waals surface area (Å²) in [6, 6.07) is 0. The van der Waals surface area contributed by atoms with Crippen LogP contribution in [0.5, 0.6) is 0 Å². The van der Waals surface area contributed by atoms with Gasteiger partial charge >= 0.3 is 20.4 Å². The highest BCUT2D eigenvalue weighted by Gasteiger charge is 1.78. The first-order chi connectivity index (χ1) is 2.91. The molecule has 6 heavy (non-hydrogen) atoms. The van der Waals surface area contributed by atoms with Crippen molar-refractivity contribution in [3.63, 3.8) is 0 Å². The Morgan fingerprint density at radius 1 is 1.83 bits per heavy atom. The fourth-order valence-electron chi connectivity index (χ4n) is 0.348. The summed E-state index contributed by atoms with van der Waals surface area (Å²) in [7, 11) is 0. The van der Waals surface area contributed by atoms with Gasteiger partial charge in [0, 0.05) is 0 Å². The summed E-state index contributed by atoms with van der Waals surface area (Å²) < 4.78 is 1.43. The van der Waals surface area contributed by atoms with E-state index in [1.54, 1.807) is 0 Å². The minimum Gasteiger partial charge on any atom is -0.157 e. The van der Waals surface area contributed by atoms with Crippen molar-refractivity contribution >= 4 is 20.4 Å². The Morgan fingerprint density at radius 3 is 2.67 bits per heavy atom. The van der Waals surface area contributed by atoms with Crippen molar-refractivity contribution < 1.29 is 0 Å². The minimum absolute atomic E-state index is 0.332. The maximum atomic E-state index is 3.62. The highest BCUT2D eigenvalue weighted by Crippen LogP contribution is 1.85. The van der Waals surface area contributed by atoms with E-state index in [0.717, 1.165) is 0 Å². The van der Waals surface area contributed by atoms with Crippen molar-refractivity contribution in [2.75, 3.05) is 0 Å². The summed E-state index contributed by atoms with van der Waals surface area (Å²) in [5, 5.41) is 2.32. The molecule has 0 aromatic carbocycles. The molecule has 0 unspecified atom stereocenters. The van der Waals surface area contributed by atoms with Gasteiger partial charge < -0.3 is 0 Å². The lowest BCUT2D eigenvalue weighted by Gasteiger charge is -1.78. The SMILES string of the molecule is C=CC[CH2][Mg][CH3]. The molecule has 0 aromatic heterocycles. The van der Waals surface area contributed by atoms with Crippen molar-refractivity contribution in [3.8, 4) is 0 Å². The van der Waals surface area contributed by atoms with E-state index in [2.05, 4.69) is 11.6 Å². The highest BCUT2D eigenvalue weighted by atomic mass is 24.5. The van der Waals surface area contributed by atoms with Crippen molar-refractivity contribution in [1.29, 1.82) is 0 Å². The summed E-state index contributed by atoms with van der Waals surface area (Å²) >= 11 is 0.332. The van der Waals surface area contributed by atoms with Crippen LogP contribution in [0.1, 0.15) is 6.42 Å². The van der Waals surface area contributed by atoms with Crippen LogP contribution in [0.25, 0.3) is 0 Å². The summed E-state index contributed by atoms with van der Waals surface area (Å²) in [6.07, 6.45) is 3.24. The van der Waals surface area contributed by atoms with Crippen molar-refractivity contribution in [2.45, 2.75) is 16.0 Å². The molecule has 0 aliphatic carbocycles. The fourth-order valence-corrected chi connectivity index (χ4v) is 1.05. The molecule has 0 radical (unpaired) electrons.